The number of aliphatic hydroxyl groups excluding tert-OH is 1. The number of hydrogen-bond donors (Lipinski definition) is 2. The van der Waals surface area contributed by atoms with E-state index in [1.165, 1.54) is 0 Å². The van der Waals surface area contributed by atoms with Crippen LogP contribution in [0, 0.1) is 5.92 Å². The highest BCUT2D eigenvalue weighted by Gasteiger charge is 2.25. The van der Waals surface area contributed by atoms with E-state index in [4.69, 9.17) is 10.5 Å². The average molecular weight is 266 g/mol. The van der Waals surface area contributed by atoms with Crippen LogP contribution >= 0.6 is 0 Å². The molecule has 1 fully saturated rings. The van der Waals surface area contributed by atoms with E-state index in [-0.39, 0.29) is 12.0 Å². The molecule has 1 aromatic rings. The van der Waals surface area contributed by atoms with Crippen molar-refractivity contribution in [1.29, 1.82) is 0 Å². The molecule has 0 amide bonds. The SMILES string of the molecule is CCOCc1nc(N)cc(N2CCC(O)C(C)C2)n1. The largest absolute Gasteiger partial charge is 0.393 e. The van der Waals surface area contributed by atoms with Gasteiger partial charge in [-0.25, -0.2) is 9.97 Å². The van der Waals surface area contributed by atoms with E-state index in [1.54, 1.807) is 6.07 Å². The number of nitrogens with two attached hydrogens (primary N) is 1. The van der Waals surface area contributed by atoms with Crippen LogP contribution in [0.1, 0.15) is 26.1 Å². The maximum Gasteiger partial charge on any atom is 0.158 e. The van der Waals surface area contributed by atoms with Crippen LogP contribution in [0.25, 0.3) is 0 Å². The van der Waals surface area contributed by atoms with Gasteiger partial charge in [0.2, 0.25) is 0 Å². The van der Waals surface area contributed by atoms with Crippen LogP contribution in [0.15, 0.2) is 6.07 Å². The lowest BCUT2D eigenvalue weighted by atomic mass is 9.97. The molecule has 0 bridgehead atoms. The molecule has 6 nitrogen and oxygen atoms in total. The van der Waals surface area contributed by atoms with Gasteiger partial charge in [-0.15, -0.1) is 0 Å². The second-order valence-corrected chi connectivity index (χ2v) is 4.98. The molecule has 2 atom stereocenters. The van der Waals surface area contributed by atoms with Crippen LogP contribution in [0.2, 0.25) is 0 Å². The molecule has 2 rings (SSSR count). The van der Waals surface area contributed by atoms with Gasteiger partial charge in [-0.05, 0) is 19.3 Å². The van der Waals surface area contributed by atoms with E-state index in [0.29, 0.717) is 24.9 Å². The highest BCUT2D eigenvalue weighted by atomic mass is 16.5. The predicted molar refractivity (Wildman–Crippen MR) is 73.8 cm³/mol. The number of aliphatic hydroxyl groups is 1. The molecular formula is C13H22N4O2. The third kappa shape index (κ3) is 3.54. The van der Waals surface area contributed by atoms with E-state index in [9.17, 15) is 5.11 Å². The summed E-state index contributed by atoms with van der Waals surface area (Å²) in [6.07, 6.45) is 0.532. The summed E-state index contributed by atoms with van der Waals surface area (Å²) in [5.41, 5.74) is 5.82. The first kappa shape index (κ1) is 14.0. The first-order valence-corrected chi connectivity index (χ1v) is 6.74. The van der Waals surface area contributed by atoms with Gasteiger partial charge in [-0.1, -0.05) is 6.92 Å². The monoisotopic (exact) mass is 266 g/mol. The van der Waals surface area contributed by atoms with Crippen LogP contribution in [0.5, 0.6) is 0 Å². The standard InChI is InChI=1S/C13H22N4O2/c1-3-19-8-12-15-11(14)6-13(16-12)17-5-4-10(18)9(2)7-17/h6,9-10,18H,3-5,7-8H2,1-2H3,(H2,14,15,16). The third-order valence-corrected chi connectivity index (χ3v) is 3.40. The normalized spacial score (nSPS) is 23.6. The van der Waals surface area contributed by atoms with Gasteiger partial charge in [-0.2, -0.15) is 0 Å². The van der Waals surface area contributed by atoms with Gasteiger partial charge >= 0.3 is 0 Å². The van der Waals surface area contributed by atoms with Gasteiger partial charge in [0.25, 0.3) is 0 Å². The molecule has 0 aliphatic carbocycles. The molecule has 106 valence electrons. The molecule has 2 heterocycles. The Morgan fingerprint density at radius 1 is 1.53 bits per heavy atom. The number of anilines is 2. The van der Waals surface area contributed by atoms with E-state index >= 15 is 0 Å². The zero-order valence-electron chi connectivity index (χ0n) is 11.5. The number of aromatic nitrogens is 2. The van der Waals surface area contributed by atoms with Gasteiger partial charge in [-0.3, -0.25) is 0 Å². The molecule has 1 aromatic heterocycles. The molecule has 1 saturated heterocycles. The van der Waals surface area contributed by atoms with Crippen molar-refractivity contribution in [3.05, 3.63) is 11.9 Å². The van der Waals surface area contributed by atoms with Crippen molar-refractivity contribution in [2.24, 2.45) is 5.92 Å². The highest BCUT2D eigenvalue weighted by molar-refractivity contribution is 5.47. The number of nitrogen functional groups attached to an aromatic ring is 1. The van der Waals surface area contributed by atoms with E-state index in [2.05, 4.69) is 14.9 Å². The smallest absolute Gasteiger partial charge is 0.158 e. The van der Waals surface area contributed by atoms with E-state index < -0.39 is 0 Å². The number of ether oxygens (including phenoxy) is 1. The highest BCUT2D eigenvalue weighted by Crippen LogP contribution is 2.23. The molecule has 0 spiro atoms. The molecular weight excluding hydrogens is 244 g/mol. The molecule has 1 aliphatic heterocycles. The molecule has 0 aromatic carbocycles. The second kappa shape index (κ2) is 6.16. The Bertz CT molecular complexity index is 427. The minimum Gasteiger partial charge on any atom is -0.393 e. The van der Waals surface area contributed by atoms with Crippen molar-refractivity contribution in [2.75, 3.05) is 30.3 Å². The zero-order chi connectivity index (χ0) is 13.8. The average Bonchev–Trinajstić information content (AvgIpc) is 2.39. The fourth-order valence-electron chi connectivity index (χ4n) is 2.26. The van der Waals surface area contributed by atoms with Gasteiger partial charge in [0.15, 0.2) is 5.82 Å². The van der Waals surface area contributed by atoms with Crippen molar-refractivity contribution < 1.29 is 9.84 Å². The first-order valence-electron chi connectivity index (χ1n) is 6.74. The Kier molecular flexibility index (Phi) is 4.55. The Hall–Kier alpha value is -1.40. The van der Waals surface area contributed by atoms with Crippen LogP contribution in [0.3, 0.4) is 0 Å². The predicted octanol–water partition coefficient (Wildman–Crippen LogP) is 0.802. The third-order valence-electron chi connectivity index (χ3n) is 3.40. The van der Waals surface area contributed by atoms with Gasteiger partial charge in [0.1, 0.15) is 18.2 Å². The van der Waals surface area contributed by atoms with Crippen LogP contribution in [-0.2, 0) is 11.3 Å². The van der Waals surface area contributed by atoms with Gasteiger partial charge in [0, 0.05) is 25.8 Å². The van der Waals surface area contributed by atoms with Crippen molar-refractivity contribution >= 4 is 11.6 Å². The Morgan fingerprint density at radius 2 is 2.32 bits per heavy atom. The summed E-state index contributed by atoms with van der Waals surface area (Å²) in [5, 5.41) is 9.76. The fraction of sp³-hybridized carbons (Fsp3) is 0.692. The quantitative estimate of drug-likeness (QED) is 0.838. The fourth-order valence-corrected chi connectivity index (χ4v) is 2.26. The minimum absolute atomic E-state index is 0.224. The topological polar surface area (TPSA) is 84.5 Å². The Labute approximate surface area is 113 Å². The first-order chi connectivity index (χ1) is 9.10. The Morgan fingerprint density at radius 3 is 3.00 bits per heavy atom. The van der Waals surface area contributed by atoms with Crippen LogP contribution in [0.4, 0.5) is 11.6 Å². The maximum atomic E-state index is 9.76. The summed E-state index contributed by atoms with van der Waals surface area (Å²) in [7, 11) is 0. The van der Waals surface area contributed by atoms with Crippen molar-refractivity contribution in [3.8, 4) is 0 Å². The number of nitrogens with zero attached hydrogens (tertiary/aromatic N) is 3. The molecule has 2 unspecified atom stereocenters. The molecule has 0 radical (unpaired) electrons. The molecule has 19 heavy (non-hydrogen) atoms. The lowest BCUT2D eigenvalue weighted by molar-refractivity contribution is 0.0967. The molecule has 3 N–H and O–H groups in total. The van der Waals surface area contributed by atoms with Gasteiger partial charge < -0.3 is 20.5 Å². The van der Waals surface area contributed by atoms with Crippen molar-refractivity contribution in [3.63, 3.8) is 0 Å². The van der Waals surface area contributed by atoms with Crippen molar-refractivity contribution in [2.45, 2.75) is 33.0 Å². The zero-order valence-corrected chi connectivity index (χ0v) is 11.5. The maximum absolute atomic E-state index is 9.76. The molecule has 1 aliphatic rings. The lowest BCUT2D eigenvalue weighted by Crippen LogP contribution is -2.42. The minimum atomic E-state index is -0.224. The number of piperidine rings is 1. The number of hydrogen-bond acceptors (Lipinski definition) is 6. The van der Waals surface area contributed by atoms with E-state index in [0.717, 1.165) is 25.3 Å². The molecule has 0 saturated carbocycles. The number of rotatable bonds is 4. The lowest BCUT2D eigenvalue weighted by Gasteiger charge is -2.35. The van der Waals surface area contributed by atoms with Gasteiger partial charge in [0.05, 0.1) is 6.10 Å². The summed E-state index contributed by atoms with van der Waals surface area (Å²) in [5.74, 6) is 2.12. The summed E-state index contributed by atoms with van der Waals surface area (Å²) < 4.78 is 5.32. The van der Waals surface area contributed by atoms with E-state index in [1.807, 2.05) is 13.8 Å². The second-order valence-electron chi connectivity index (χ2n) is 4.98. The summed E-state index contributed by atoms with van der Waals surface area (Å²) in [4.78, 5) is 10.8. The van der Waals surface area contributed by atoms with Crippen LogP contribution in [-0.4, -0.2) is 40.9 Å². The summed E-state index contributed by atoms with van der Waals surface area (Å²) in [6, 6.07) is 1.78. The Balaban J connectivity index is 2.13. The van der Waals surface area contributed by atoms with Crippen LogP contribution < -0.4 is 10.6 Å². The van der Waals surface area contributed by atoms with Crippen molar-refractivity contribution in [1.82, 2.24) is 9.97 Å². The molecule has 6 heteroatoms. The summed E-state index contributed by atoms with van der Waals surface area (Å²) >= 11 is 0. The summed E-state index contributed by atoms with van der Waals surface area (Å²) in [6.45, 7) is 6.55.